The molecule has 8 nitrogen and oxygen atoms in total. The summed E-state index contributed by atoms with van der Waals surface area (Å²) in [6, 6.07) is 8.26. The number of nitrogens with zero attached hydrogens (tertiary/aromatic N) is 1. The molecule has 3 rings (SSSR count). The number of alkyl halides is 1. The Kier molecular flexibility index (Phi) is 6.40. The van der Waals surface area contributed by atoms with E-state index in [0.29, 0.717) is 5.33 Å². The van der Waals surface area contributed by atoms with Crippen LogP contribution in [0.15, 0.2) is 41.6 Å². The number of thioether (sulfide) groups is 1. The number of carboxylic acid groups (broad SMARTS) is 1. The van der Waals surface area contributed by atoms with E-state index in [0.717, 1.165) is 10.5 Å². The maximum atomic E-state index is 12.5. The van der Waals surface area contributed by atoms with Gasteiger partial charge in [0.25, 0.3) is 5.91 Å². The lowest BCUT2D eigenvalue weighted by molar-refractivity contribution is -0.151. The molecule has 0 spiro atoms. The Hall–Kier alpha value is -2.33. The lowest BCUT2D eigenvalue weighted by Gasteiger charge is -2.49. The Morgan fingerprint density at radius 3 is 2.64 bits per heavy atom. The van der Waals surface area contributed by atoms with E-state index < -0.39 is 29.3 Å². The molecule has 10 heteroatoms. The summed E-state index contributed by atoms with van der Waals surface area (Å²) in [6.07, 6.45) is 0.119. The standard InChI is InChI=1S/C18H17BrN2O6S/c19-6-7-27-18(26)11-9-28-16-13(15(23)21(16)14(11)17(24)25)20-12(22)8-10-4-2-1-3-5-10/h1-5,13,16H,6-9H2,(H,20,22)(H,24,25)/t13?,16-/m1/s1. The highest BCUT2D eigenvalue weighted by atomic mass is 79.9. The number of carbonyl (C=O) groups is 4. The van der Waals surface area contributed by atoms with Crippen LogP contribution in [0.5, 0.6) is 0 Å². The minimum atomic E-state index is -1.38. The molecule has 2 amide bonds. The van der Waals surface area contributed by atoms with Crippen LogP contribution in [0.3, 0.4) is 0 Å². The summed E-state index contributed by atoms with van der Waals surface area (Å²) in [5.41, 5.74) is 0.377. The van der Waals surface area contributed by atoms with Crippen LogP contribution in [0.1, 0.15) is 5.56 Å². The lowest BCUT2D eigenvalue weighted by Crippen LogP contribution is -2.70. The molecule has 1 aromatic carbocycles. The van der Waals surface area contributed by atoms with Crippen LogP contribution in [-0.4, -0.2) is 62.9 Å². The van der Waals surface area contributed by atoms with E-state index in [2.05, 4.69) is 21.2 Å². The molecule has 0 bridgehead atoms. The van der Waals surface area contributed by atoms with Crippen molar-refractivity contribution in [2.24, 2.45) is 0 Å². The number of carbonyl (C=O) groups excluding carboxylic acids is 3. The maximum Gasteiger partial charge on any atom is 0.353 e. The van der Waals surface area contributed by atoms with E-state index >= 15 is 0 Å². The van der Waals surface area contributed by atoms with Crippen LogP contribution >= 0.6 is 27.7 Å². The van der Waals surface area contributed by atoms with Crippen molar-refractivity contribution < 1.29 is 29.0 Å². The number of β-lactam (4-membered cyclic amide) rings is 1. The van der Waals surface area contributed by atoms with Crippen LogP contribution in [0.2, 0.25) is 0 Å². The number of aliphatic carboxylic acids is 1. The number of esters is 1. The zero-order chi connectivity index (χ0) is 20.3. The highest BCUT2D eigenvalue weighted by molar-refractivity contribution is 9.09. The molecule has 28 heavy (non-hydrogen) atoms. The topological polar surface area (TPSA) is 113 Å². The first-order valence-electron chi connectivity index (χ1n) is 8.41. The smallest absolute Gasteiger partial charge is 0.353 e. The third-order valence-corrected chi connectivity index (χ3v) is 5.86. The molecule has 2 N–H and O–H groups in total. The summed E-state index contributed by atoms with van der Waals surface area (Å²) < 4.78 is 4.98. The third kappa shape index (κ3) is 4.07. The Bertz CT molecular complexity index is 844. The molecule has 2 heterocycles. The zero-order valence-electron chi connectivity index (χ0n) is 14.6. The average Bonchev–Trinajstić information content (AvgIpc) is 2.69. The molecule has 0 saturated carbocycles. The van der Waals surface area contributed by atoms with E-state index in [1.54, 1.807) is 12.1 Å². The van der Waals surface area contributed by atoms with Crippen molar-refractivity contribution in [3.8, 4) is 0 Å². The number of benzene rings is 1. The number of fused-ring (bicyclic) bond motifs is 1. The number of hydrogen-bond donors (Lipinski definition) is 2. The zero-order valence-corrected chi connectivity index (χ0v) is 17.0. The Balaban J connectivity index is 1.71. The van der Waals surface area contributed by atoms with Gasteiger partial charge in [-0.3, -0.25) is 14.5 Å². The van der Waals surface area contributed by atoms with E-state index in [-0.39, 0.29) is 36.0 Å². The van der Waals surface area contributed by atoms with Crippen molar-refractivity contribution in [3.63, 3.8) is 0 Å². The molecular weight excluding hydrogens is 452 g/mol. The van der Waals surface area contributed by atoms with Crippen LogP contribution in [0.4, 0.5) is 0 Å². The molecule has 0 radical (unpaired) electrons. The predicted octanol–water partition coefficient (Wildman–Crippen LogP) is 0.906. The lowest BCUT2D eigenvalue weighted by atomic mass is 10.0. The molecule has 0 aliphatic carbocycles. The summed E-state index contributed by atoms with van der Waals surface area (Å²) in [6.45, 7) is 0.0927. The van der Waals surface area contributed by atoms with Gasteiger partial charge in [-0.2, -0.15) is 0 Å². The van der Waals surface area contributed by atoms with E-state index in [4.69, 9.17) is 4.74 Å². The summed E-state index contributed by atoms with van der Waals surface area (Å²) >= 11 is 4.34. The van der Waals surface area contributed by atoms with Crippen molar-refractivity contribution in [3.05, 3.63) is 47.2 Å². The van der Waals surface area contributed by atoms with Crippen LogP contribution < -0.4 is 5.32 Å². The highest BCUT2D eigenvalue weighted by Crippen LogP contribution is 2.40. The predicted molar refractivity (Wildman–Crippen MR) is 105 cm³/mol. The molecule has 148 valence electrons. The average molecular weight is 469 g/mol. The molecule has 0 aromatic heterocycles. The van der Waals surface area contributed by atoms with Crippen molar-refractivity contribution in [2.75, 3.05) is 17.7 Å². The molecule has 1 saturated heterocycles. The number of ether oxygens (including phenoxy) is 1. The van der Waals surface area contributed by atoms with Gasteiger partial charge in [0, 0.05) is 11.1 Å². The first-order valence-corrected chi connectivity index (χ1v) is 10.6. The van der Waals surface area contributed by atoms with Gasteiger partial charge in [-0.15, -0.1) is 11.8 Å². The molecule has 2 atom stereocenters. The second-order valence-electron chi connectivity index (χ2n) is 6.07. The Morgan fingerprint density at radius 2 is 2.00 bits per heavy atom. The molecule has 1 unspecified atom stereocenters. The minimum Gasteiger partial charge on any atom is -0.477 e. The van der Waals surface area contributed by atoms with Gasteiger partial charge in [0.15, 0.2) is 0 Å². The first kappa shape index (κ1) is 20.4. The fourth-order valence-corrected chi connectivity index (χ4v) is 4.49. The van der Waals surface area contributed by atoms with Gasteiger partial charge in [-0.1, -0.05) is 46.3 Å². The van der Waals surface area contributed by atoms with Crippen molar-refractivity contribution in [1.82, 2.24) is 10.2 Å². The van der Waals surface area contributed by atoms with Gasteiger partial charge in [-0.05, 0) is 5.56 Å². The monoisotopic (exact) mass is 468 g/mol. The molecular formula is C18H17BrN2O6S. The second-order valence-corrected chi connectivity index (χ2v) is 7.97. The van der Waals surface area contributed by atoms with E-state index in [9.17, 15) is 24.3 Å². The Morgan fingerprint density at radius 1 is 1.29 bits per heavy atom. The normalized spacial score (nSPS) is 20.9. The molecule has 2 aliphatic heterocycles. The van der Waals surface area contributed by atoms with Crippen molar-refractivity contribution >= 4 is 51.4 Å². The first-order chi connectivity index (χ1) is 13.4. The van der Waals surface area contributed by atoms with Gasteiger partial charge in [0.1, 0.15) is 23.7 Å². The minimum absolute atomic E-state index is 0.0582. The quantitative estimate of drug-likeness (QED) is 0.347. The highest BCUT2D eigenvalue weighted by Gasteiger charge is 2.55. The summed E-state index contributed by atoms with van der Waals surface area (Å²) in [5.74, 6) is -2.93. The number of rotatable bonds is 7. The summed E-state index contributed by atoms with van der Waals surface area (Å²) in [5, 5.41) is 12.0. The molecule has 1 fully saturated rings. The number of nitrogens with one attached hydrogen (secondary N) is 1. The number of amides is 2. The van der Waals surface area contributed by atoms with Gasteiger partial charge >= 0.3 is 11.9 Å². The van der Waals surface area contributed by atoms with Gasteiger partial charge in [0.2, 0.25) is 5.91 Å². The maximum absolute atomic E-state index is 12.5. The van der Waals surface area contributed by atoms with Crippen LogP contribution in [0.25, 0.3) is 0 Å². The molecule has 2 aliphatic rings. The van der Waals surface area contributed by atoms with E-state index in [1.165, 1.54) is 11.8 Å². The van der Waals surface area contributed by atoms with Gasteiger partial charge < -0.3 is 15.2 Å². The fraction of sp³-hybridized carbons (Fsp3) is 0.333. The summed E-state index contributed by atoms with van der Waals surface area (Å²) in [4.78, 5) is 49.6. The van der Waals surface area contributed by atoms with Gasteiger partial charge in [0.05, 0.1) is 12.0 Å². The van der Waals surface area contributed by atoms with Gasteiger partial charge in [-0.25, -0.2) is 9.59 Å². The van der Waals surface area contributed by atoms with Crippen LogP contribution in [0, 0.1) is 0 Å². The largest absolute Gasteiger partial charge is 0.477 e. The SMILES string of the molecule is O=C(Cc1ccccc1)NC1C(=O)N2C(C(=O)O)=C(C(=O)OCCBr)CS[C@H]12. The van der Waals surface area contributed by atoms with E-state index in [1.807, 2.05) is 18.2 Å². The van der Waals surface area contributed by atoms with Crippen LogP contribution in [-0.2, 0) is 30.3 Å². The number of carboxylic acids is 1. The number of hydrogen-bond acceptors (Lipinski definition) is 6. The van der Waals surface area contributed by atoms with Crippen molar-refractivity contribution in [1.29, 1.82) is 0 Å². The summed E-state index contributed by atoms with van der Waals surface area (Å²) in [7, 11) is 0. The second kappa shape index (κ2) is 8.78. The Labute approximate surface area is 173 Å². The third-order valence-electron chi connectivity index (χ3n) is 4.25. The fourth-order valence-electron chi connectivity index (χ4n) is 3.00. The van der Waals surface area contributed by atoms with Crippen molar-refractivity contribution in [2.45, 2.75) is 17.8 Å². The molecule has 1 aromatic rings. The number of halogens is 1.